The number of nitrogens with zero attached hydrogens (tertiary/aromatic N) is 3. The van der Waals surface area contributed by atoms with E-state index in [1.807, 2.05) is 26.0 Å². The summed E-state index contributed by atoms with van der Waals surface area (Å²) in [6.07, 6.45) is 1.66. The van der Waals surface area contributed by atoms with Gasteiger partial charge in [0.15, 0.2) is 10.9 Å². The highest BCUT2D eigenvalue weighted by atomic mass is 35.5. The highest BCUT2D eigenvalue weighted by molar-refractivity contribution is 8.27. The zero-order valence-electron chi connectivity index (χ0n) is 21.9. The van der Waals surface area contributed by atoms with E-state index in [9.17, 15) is 19.7 Å². The van der Waals surface area contributed by atoms with Gasteiger partial charge >= 0.3 is 0 Å². The summed E-state index contributed by atoms with van der Waals surface area (Å²) in [7, 11) is 0. The molecule has 1 N–H and O–H groups in total. The lowest BCUT2D eigenvalue weighted by atomic mass is 10.1. The first-order valence-electron chi connectivity index (χ1n) is 12.4. The minimum Gasteiger partial charge on any atom is -0.483 e. The van der Waals surface area contributed by atoms with Gasteiger partial charge < -0.3 is 15.0 Å². The number of ether oxygens (including phenoxy) is 1. The van der Waals surface area contributed by atoms with Gasteiger partial charge in [-0.1, -0.05) is 53.2 Å². The normalized spacial score (nSPS) is 14.0. The van der Waals surface area contributed by atoms with Crippen LogP contribution in [0.1, 0.15) is 19.4 Å². The number of halogens is 2. The second kappa shape index (κ2) is 13.3. The van der Waals surface area contributed by atoms with Crippen LogP contribution in [0.4, 0.5) is 22.7 Å². The standard InChI is InChI=1S/C28H24Cl2N4O5S2/c1-3-32(4-2)19-9-8-17(12-25-27(36)33(28(40)41-25)20-10-11-22(29)23(30)14-20)24(15-19)39-16-26(35)31-18-6-5-7-21(13-18)34(37)38/h5-15H,3-4,16H2,1-2H3,(H,31,35)/b25-12-. The van der Waals surface area contributed by atoms with Gasteiger partial charge in [-0.3, -0.25) is 24.6 Å². The van der Waals surface area contributed by atoms with Gasteiger partial charge in [0.05, 0.1) is 25.6 Å². The van der Waals surface area contributed by atoms with Gasteiger partial charge in [0.1, 0.15) is 5.75 Å². The SMILES string of the molecule is CCN(CC)c1ccc(/C=C2\SC(=S)N(c3ccc(Cl)c(Cl)c3)C2=O)c(OCC(=O)Nc2cccc([N+](=O)[O-])c2)c1. The molecular formula is C28H24Cl2N4O5S2. The minimum absolute atomic E-state index is 0.142. The molecule has 1 heterocycles. The Morgan fingerprint density at radius 2 is 1.88 bits per heavy atom. The van der Waals surface area contributed by atoms with Crippen molar-refractivity contribution in [1.82, 2.24) is 0 Å². The first-order chi connectivity index (χ1) is 19.6. The van der Waals surface area contributed by atoms with E-state index in [0.717, 1.165) is 30.5 Å². The highest BCUT2D eigenvalue weighted by Crippen LogP contribution is 2.39. The van der Waals surface area contributed by atoms with E-state index in [1.54, 1.807) is 36.4 Å². The van der Waals surface area contributed by atoms with Crippen LogP contribution in [0.15, 0.2) is 65.6 Å². The Morgan fingerprint density at radius 3 is 2.56 bits per heavy atom. The van der Waals surface area contributed by atoms with Gasteiger partial charge in [0.25, 0.3) is 17.5 Å². The molecular weight excluding hydrogens is 607 g/mol. The maximum absolute atomic E-state index is 13.4. The number of nitro benzene ring substituents is 1. The summed E-state index contributed by atoms with van der Waals surface area (Å²) < 4.78 is 6.26. The molecule has 41 heavy (non-hydrogen) atoms. The Hall–Kier alpha value is -3.64. The zero-order chi connectivity index (χ0) is 29.7. The third-order valence-electron chi connectivity index (χ3n) is 6.07. The third-order valence-corrected chi connectivity index (χ3v) is 8.11. The van der Waals surface area contributed by atoms with Gasteiger partial charge in [-0.25, -0.2) is 0 Å². The van der Waals surface area contributed by atoms with Crippen LogP contribution >= 0.6 is 47.2 Å². The molecule has 0 atom stereocenters. The molecule has 1 aliphatic heterocycles. The van der Waals surface area contributed by atoms with Gasteiger partial charge in [-0.05, 0) is 56.3 Å². The first kappa shape index (κ1) is 30.3. The van der Waals surface area contributed by atoms with Crippen LogP contribution in [0.2, 0.25) is 10.0 Å². The quantitative estimate of drug-likeness (QED) is 0.109. The average molecular weight is 632 g/mol. The van der Waals surface area contributed by atoms with Gasteiger partial charge in [0, 0.05) is 48.2 Å². The van der Waals surface area contributed by atoms with Crippen LogP contribution in [-0.4, -0.2) is 40.8 Å². The Kier molecular flexibility index (Phi) is 9.87. The molecule has 13 heteroatoms. The van der Waals surface area contributed by atoms with Crippen molar-refractivity contribution < 1.29 is 19.2 Å². The van der Waals surface area contributed by atoms with E-state index in [1.165, 1.54) is 23.1 Å². The molecule has 0 aliphatic carbocycles. The zero-order valence-corrected chi connectivity index (χ0v) is 25.1. The van der Waals surface area contributed by atoms with Crippen molar-refractivity contribution in [2.75, 3.05) is 34.8 Å². The van der Waals surface area contributed by atoms with Crippen LogP contribution in [0, 0.1) is 10.1 Å². The van der Waals surface area contributed by atoms with Crippen LogP contribution in [0.5, 0.6) is 5.75 Å². The topological polar surface area (TPSA) is 105 Å². The lowest BCUT2D eigenvalue weighted by Crippen LogP contribution is -2.27. The fourth-order valence-electron chi connectivity index (χ4n) is 4.05. The number of thiocarbonyl (C=S) groups is 1. The van der Waals surface area contributed by atoms with Crippen LogP contribution < -0.4 is 19.9 Å². The number of hydrogen-bond donors (Lipinski definition) is 1. The summed E-state index contributed by atoms with van der Waals surface area (Å²) in [5.41, 5.74) is 2.08. The summed E-state index contributed by atoms with van der Waals surface area (Å²) in [5, 5.41) is 14.3. The molecule has 3 aromatic rings. The molecule has 3 aromatic carbocycles. The maximum Gasteiger partial charge on any atom is 0.271 e. The number of non-ortho nitro benzene ring substituents is 1. The van der Waals surface area contributed by atoms with Crippen molar-refractivity contribution in [1.29, 1.82) is 0 Å². The van der Waals surface area contributed by atoms with E-state index in [0.29, 0.717) is 36.3 Å². The van der Waals surface area contributed by atoms with Crippen molar-refractivity contribution in [3.05, 3.63) is 91.3 Å². The minimum atomic E-state index is -0.540. The fraction of sp³-hybridized carbons (Fsp3) is 0.179. The number of benzene rings is 3. The molecule has 1 fully saturated rings. The first-order valence-corrected chi connectivity index (χ1v) is 14.4. The number of nitro groups is 1. The number of carbonyl (C=O) groups is 2. The second-order valence-electron chi connectivity index (χ2n) is 8.65. The summed E-state index contributed by atoms with van der Waals surface area (Å²) in [4.78, 5) is 40.4. The van der Waals surface area contributed by atoms with Crippen molar-refractivity contribution in [3.8, 4) is 5.75 Å². The van der Waals surface area contributed by atoms with Gasteiger partial charge in [-0.15, -0.1) is 0 Å². The fourth-order valence-corrected chi connectivity index (χ4v) is 5.63. The number of hydrogen-bond acceptors (Lipinski definition) is 8. The van der Waals surface area contributed by atoms with Crippen molar-refractivity contribution in [2.45, 2.75) is 13.8 Å². The third kappa shape index (κ3) is 7.17. The number of amides is 2. The lowest BCUT2D eigenvalue weighted by Gasteiger charge is -2.22. The molecule has 0 aromatic heterocycles. The molecule has 0 saturated carbocycles. The van der Waals surface area contributed by atoms with Gasteiger partial charge in [-0.2, -0.15) is 0 Å². The van der Waals surface area contributed by atoms with Crippen LogP contribution in [0.25, 0.3) is 6.08 Å². The molecule has 0 bridgehead atoms. The summed E-state index contributed by atoms with van der Waals surface area (Å²) in [6.45, 7) is 5.20. The van der Waals surface area contributed by atoms with E-state index in [-0.39, 0.29) is 23.9 Å². The number of rotatable bonds is 10. The summed E-state index contributed by atoms with van der Waals surface area (Å²) in [5.74, 6) is -0.459. The molecule has 1 saturated heterocycles. The molecule has 0 unspecified atom stereocenters. The Balaban J connectivity index is 1.59. The van der Waals surface area contributed by atoms with Crippen molar-refractivity contribution >= 4 is 92.1 Å². The largest absolute Gasteiger partial charge is 0.483 e. The molecule has 0 spiro atoms. The van der Waals surface area contributed by atoms with E-state index in [4.69, 9.17) is 40.2 Å². The molecule has 9 nitrogen and oxygen atoms in total. The molecule has 0 radical (unpaired) electrons. The van der Waals surface area contributed by atoms with Crippen LogP contribution in [0.3, 0.4) is 0 Å². The summed E-state index contributed by atoms with van der Waals surface area (Å²) in [6, 6.07) is 16.0. The van der Waals surface area contributed by atoms with E-state index < -0.39 is 10.8 Å². The average Bonchev–Trinajstić information content (AvgIpc) is 3.23. The van der Waals surface area contributed by atoms with E-state index in [2.05, 4.69) is 10.2 Å². The molecule has 2 amide bonds. The predicted molar refractivity (Wildman–Crippen MR) is 169 cm³/mol. The smallest absolute Gasteiger partial charge is 0.271 e. The maximum atomic E-state index is 13.4. The molecule has 212 valence electrons. The highest BCUT2D eigenvalue weighted by Gasteiger charge is 2.34. The molecule has 1 aliphatic rings. The molecule has 4 rings (SSSR count). The van der Waals surface area contributed by atoms with E-state index >= 15 is 0 Å². The number of thioether (sulfide) groups is 1. The number of carbonyl (C=O) groups excluding carboxylic acids is 2. The van der Waals surface area contributed by atoms with Gasteiger partial charge in [0.2, 0.25) is 0 Å². The Bertz CT molecular complexity index is 1560. The number of nitrogens with one attached hydrogen (secondary N) is 1. The summed E-state index contributed by atoms with van der Waals surface area (Å²) >= 11 is 18.8. The predicted octanol–water partition coefficient (Wildman–Crippen LogP) is 7.17. The second-order valence-corrected chi connectivity index (χ2v) is 11.1. The van der Waals surface area contributed by atoms with Crippen LogP contribution in [-0.2, 0) is 9.59 Å². The van der Waals surface area contributed by atoms with Crippen molar-refractivity contribution in [2.24, 2.45) is 0 Å². The Morgan fingerprint density at radius 1 is 1.12 bits per heavy atom. The monoisotopic (exact) mass is 630 g/mol. The Labute approximate surface area is 256 Å². The lowest BCUT2D eigenvalue weighted by molar-refractivity contribution is -0.384. The number of anilines is 3. The van der Waals surface area contributed by atoms with Crippen molar-refractivity contribution in [3.63, 3.8) is 0 Å².